The van der Waals surface area contributed by atoms with Gasteiger partial charge in [-0.2, -0.15) is 0 Å². The van der Waals surface area contributed by atoms with Crippen LogP contribution in [0.2, 0.25) is 5.02 Å². The molecule has 7 heteroatoms. The zero-order valence-electron chi connectivity index (χ0n) is 13.4. The molecule has 1 aliphatic heterocycles. The van der Waals surface area contributed by atoms with Gasteiger partial charge < -0.3 is 20.1 Å². The smallest absolute Gasteiger partial charge is 0.243 e. The molecule has 0 fully saturated rings. The average Bonchev–Trinajstić information content (AvgIpc) is 3.06. The standard InChI is InChI=1S/C18H17ClN2O4/c19-13-3-1-2-12(8-13)4-7-17(22)20-10-18(23)21-14-5-6-15-16(9-14)25-11-24-15/h1-3,5-6,8-9H,4,7,10-11H2,(H,20,22)(H,21,23). The van der Waals surface area contributed by atoms with Crippen LogP contribution in [0.25, 0.3) is 0 Å². The van der Waals surface area contributed by atoms with Gasteiger partial charge in [-0.25, -0.2) is 0 Å². The molecule has 0 saturated carbocycles. The first-order valence-corrected chi connectivity index (χ1v) is 8.18. The summed E-state index contributed by atoms with van der Waals surface area (Å²) in [6, 6.07) is 12.5. The minimum atomic E-state index is -0.310. The van der Waals surface area contributed by atoms with Crippen molar-refractivity contribution in [2.45, 2.75) is 12.8 Å². The third-order valence-electron chi connectivity index (χ3n) is 3.63. The largest absolute Gasteiger partial charge is 0.454 e. The highest BCUT2D eigenvalue weighted by atomic mass is 35.5. The number of benzene rings is 2. The molecule has 0 radical (unpaired) electrons. The molecule has 3 rings (SSSR count). The Hall–Kier alpha value is -2.73. The molecule has 1 aliphatic rings. The lowest BCUT2D eigenvalue weighted by Crippen LogP contribution is -2.32. The molecule has 0 unspecified atom stereocenters. The molecular formula is C18H17ClN2O4. The van der Waals surface area contributed by atoms with E-state index >= 15 is 0 Å². The van der Waals surface area contributed by atoms with Crippen molar-refractivity contribution < 1.29 is 19.1 Å². The highest BCUT2D eigenvalue weighted by molar-refractivity contribution is 6.30. The number of amides is 2. The van der Waals surface area contributed by atoms with Gasteiger partial charge in [0.1, 0.15) is 0 Å². The topological polar surface area (TPSA) is 76.7 Å². The monoisotopic (exact) mass is 360 g/mol. The molecule has 0 aliphatic carbocycles. The number of fused-ring (bicyclic) bond motifs is 1. The second-order valence-electron chi connectivity index (χ2n) is 5.52. The Morgan fingerprint density at radius 1 is 1.04 bits per heavy atom. The van der Waals surface area contributed by atoms with Gasteiger partial charge in [0.25, 0.3) is 0 Å². The molecule has 2 aromatic carbocycles. The Labute approximate surface area is 150 Å². The minimum absolute atomic E-state index is 0.0944. The van der Waals surface area contributed by atoms with Crippen LogP contribution in [0.3, 0.4) is 0 Å². The van der Waals surface area contributed by atoms with E-state index in [4.69, 9.17) is 21.1 Å². The van der Waals surface area contributed by atoms with Gasteiger partial charge in [-0.15, -0.1) is 0 Å². The summed E-state index contributed by atoms with van der Waals surface area (Å²) < 4.78 is 10.5. The summed E-state index contributed by atoms with van der Waals surface area (Å²) in [6.07, 6.45) is 0.855. The fourth-order valence-electron chi connectivity index (χ4n) is 2.40. The molecule has 25 heavy (non-hydrogen) atoms. The van der Waals surface area contributed by atoms with E-state index in [1.807, 2.05) is 18.2 Å². The number of carbonyl (C=O) groups excluding carboxylic acids is 2. The second kappa shape index (κ2) is 7.90. The van der Waals surface area contributed by atoms with Crippen LogP contribution >= 0.6 is 11.6 Å². The van der Waals surface area contributed by atoms with E-state index in [0.717, 1.165) is 5.56 Å². The number of anilines is 1. The van der Waals surface area contributed by atoms with E-state index in [2.05, 4.69) is 10.6 Å². The van der Waals surface area contributed by atoms with Crippen molar-refractivity contribution in [2.75, 3.05) is 18.7 Å². The quantitative estimate of drug-likeness (QED) is 0.830. The summed E-state index contributed by atoms with van der Waals surface area (Å²) in [6.45, 7) is 0.0816. The molecule has 0 saturated heterocycles. The number of carbonyl (C=O) groups is 2. The molecule has 0 aromatic heterocycles. The van der Waals surface area contributed by atoms with Gasteiger partial charge in [0.05, 0.1) is 6.54 Å². The van der Waals surface area contributed by atoms with E-state index in [-0.39, 0.29) is 31.6 Å². The van der Waals surface area contributed by atoms with Gasteiger partial charge >= 0.3 is 0 Å². The Bertz CT molecular complexity index is 794. The number of aryl methyl sites for hydroxylation is 1. The van der Waals surface area contributed by atoms with Crippen LogP contribution in [0.15, 0.2) is 42.5 Å². The summed E-state index contributed by atoms with van der Waals surface area (Å²) in [5.74, 6) is 0.728. The van der Waals surface area contributed by atoms with Gasteiger partial charge in [-0.1, -0.05) is 23.7 Å². The number of hydrogen-bond donors (Lipinski definition) is 2. The van der Waals surface area contributed by atoms with Crippen LogP contribution in [0.5, 0.6) is 11.5 Å². The second-order valence-corrected chi connectivity index (χ2v) is 5.96. The Kier molecular flexibility index (Phi) is 5.40. The van der Waals surface area contributed by atoms with E-state index in [1.54, 1.807) is 24.3 Å². The van der Waals surface area contributed by atoms with E-state index in [0.29, 0.717) is 28.6 Å². The number of nitrogens with one attached hydrogen (secondary N) is 2. The van der Waals surface area contributed by atoms with Crippen molar-refractivity contribution in [1.29, 1.82) is 0 Å². The maximum Gasteiger partial charge on any atom is 0.243 e. The normalized spacial score (nSPS) is 11.9. The number of halogens is 1. The van der Waals surface area contributed by atoms with Crippen LogP contribution < -0.4 is 20.1 Å². The summed E-state index contributed by atoms with van der Waals surface area (Å²) in [5.41, 5.74) is 1.56. The molecular weight excluding hydrogens is 344 g/mol. The van der Waals surface area contributed by atoms with Gasteiger partial charge in [0.15, 0.2) is 11.5 Å². The van der Waals surface area contributed by atoms with Gasteiger partial charge in [-0.05, 0) is 36.2 Å². The third-order valence-corrected chi connectivity index (χ3v) is 3.87. The first-order chi connectivity index (χ1) is 12.1. The lowest BCUT2D eigenvalue weighted by atomic mass is 10.1. The Morgan fingerprint density at radius 2 is 1.88 bits per heavy atom. The van der Waals surface area contributed by atoms with Crippen molar-refractivity contribution in [2.24, 2.45) is 0 Å². The average molecular weight is 361 g/mol. The zero-order valence-corrected chi connectivity index (χ0v) is 14.1. The Balaban J connectivity index is 1.42. The van der Waals surface area contributed by atoms with Crippen molar-refractivity contribution in [3.63, 3.8) is 0 Å². The summed E-state index contributed by atoms with van der Waals surface area (Å²) >= 11 is 5.90. The highest BCUT2D eigenvalue weighted by Gasteiger charge is 2.14. The van der Waals surface area contributed by atoms with Crippen molar-refractivity contribution >= 4 is 29.1 Å². The van der Waals surface area contributed by atoms with Crippen LogP contribution in [0, 0.1) is 0 Å². The maximum absolute atomic E-state index is 11.9. The summed E-state index contributed by atoms with van der Waals surface area (Å²) in [7, 11) is 0. The fraction of sp³-hybridized carbons (Fsp3) is 0.222. The predicted octanol–water partition coefficient (Wildman–Crippen LogP) is 2.76. The number of ether oxygens (including phenoxy) is 2. The maximum atomic E-state index is 11.9. The number of rotatable bonds is 6. The van der Waals surface area contributed by atoms with Crippen molar-refractivity contribution in [3.05, 3.63) is 53.1 Å². The summed E-state index contributed by atoms with van der Waals surface area (Å²) in [5, 5.41) is 5.94. The van der Waals surface area contributed by atoms with Crippen LogP contribution in [-0.4, -0.2) is 25.2 Å². The van der Waals surface area contributed by atoms with E-state index < -0.39 is 0 Å². The van der Waals surface area contributed by atoms with Gasteiger partial charge in [0.2, 0.25) is 18.6 Å². The van der Waals surface area contributed by atoms with Gasteiger partial charge in [0, 0.05) is 23.2 Å². The first kappa shape index (κ1) is 17.1. The highest BCUT2D eigenvalue weighted by Crippen LogP contribution is 2.34. The van der Waals surface area contributed by atoms with Crippen LogP contribution in [-0.2, 0) is 16.0 Å². The van der Waals surface area contributed by atoms with Crippen molar-refractivity contribution in [3.8, 4) is 11.5 Å². The van der Waals surface area contributed by atoms with Crippen LogP contribution in [0.4, 0.5) is 5.69 Å². The zero-order chi connectivity index (χ0) is 17.6. The minimum Gasteiger partial charge on any atom is -0.454 e. The first-order valence-electron chi connectivity index (χ1n) is 7.81. The third kappa shape index (κ3) is 4.87. The van der Waals surface area contributed by atoms with E-state index in [9.17, 15) is 9.59 Å². The lowest BCUT2D eigenvalue weighted by Gasteiger charge is -2.08. The lowest BCUT2D eigenvalue weighted by molar-refractivity contribution is -0.124. The number of hydrogen-bond acceptors (Lipinski definition) is 4. The molecule has 0 atom stereocenters. The fourth-order valence-corrected chi connectivity index (χ4v) is 2.61. The molecule has 130 valence electrons. The van der Waals surface area contributed by atoms with E-state index in [1.165, 1.54) is 0 Å². The van der Waals surface area contributed by atoms with Gasteiger partial charge in [-0.3, -0.25) is 9.59 Å². The molecule has 2 amide bonds. The summed E-state index contributed by atoms with van der Waals surface area (Å²) in [4.78, 5) is 23.8. The molecule has 1 heterocycles. The molecule has 2 aromatic rings. The molecule has 2 N–H and O–H groups in total. The Morgan fingerprint density at radius 3 is 2.72 bits per heavy atom. The molecule has 0 spiro atoms. The van der Waals surface area contributed by atoms with Crippen molar-refractivity contribution in [1.82, 2.24) is 5.32 Å². The SMILES string of the molecule is O=C(CCc1cccc(Cl)c1)NCC(=O)Nc1ccc2c(c1)OCO2. The predicted molar refractivity (Wildman–Crippen MR) is 94.0 cm³/mol. The van der Waals surface area contributed by atoms with Crippen LogP contribution in [0.1, 0.15) is 12.0 Å². The molecule has 6 nitrogen and oxygen atoms in total. The molecule has 0 bridgehead atoms.